The van der Waals surface area contributed by atoms with Gasteiger partial charge in [-0.2, -0.15) is 0 Å². The Hall–Kier alpha value is -1.27. The largest absolute Gasteiger partial charge is 0.264 e. The molecule has 0 aromatic carbocycles. The topological polar surface area (TPSA) is 59.9 Å². The summed E-state index contributed by atoms with van der Waals surface area (Å²) in [6.45, 7) is 0. The van der Waals surface area contributed by atoms with Gasteiger partial charge in [-0.3, -0.25) is 4.98 Å². The zero-order chi connectivity index (χ0) is 10.7. The molecule has 6 heteroatoms. The van der Waals surface area contributed by atoms with Crippen LogP contribution in [0.25, 0.3) is 0 Å². The highest BCUT2D eigenvalue weighted by Gasteiger charge is 2.17. The lowest BCUT2D eigenvalue weighted by Gasteiger charge is -1.99. The maximum atomic E-state index is 11.8. The van der Waals surface area contributed by atoms with Gasteiger partial charge in [0.2, 0.25) is 14.2 Å². The number of sulfone groups is 1. The van der Waals surface area contributed by atoms with E-state index in [1.807, 2.05) is 0 Å². The summed E-state index contributed by atoms with van der Waals surface area (Å²) in [6, 6.07) is 3.45. The molecule has 2 heterocycles. The molecule has 2 rings (SSSR count). The highest BCUT2D eigenvalue weighted by molar-refractivity contribution is 7.92. The summed E-state index contributed by atoms with van der Waals surface area (Å²) in [4.78, 5) is 7.66. The predicted molar refractivity (Wildman–Crippen MR) is 57.2 cm³/mol. The number of nitrogens with zero attached hydrogens (tertiary/aromatic N) is 2. The van der Waals surface area contributed by atoms with Crippen molar-refractivity contribution < 1.29 is 8.42 Å². The van der Waals surface area contributed by atoms with Gasteiger partial charge in [-0.05, 0) is 11.6 Å². The molecule has 2 aromatic rings. The van der Waals surface area contributed by atoms with E-state index in [4.69, 9.17) is 0 Å². The number of aromatic nitrogens is 2. The van der Waals surface area contributed by atoms with E-state index in [0.29, 0.717) is 5.56 Å². The van der Waals surface area contributed by atoms with E-state index in [9.17, 15) is 8.42 Å². The number of rotatable bonds is 3. The molecule has 2 aromatic heterocycles. The van der Waals surface area contributed by atoms with Crippen molar-refractivity contribution in [3.63, 3.8) is 0 Å². The fourth-order valence-corrected chi connectivity index (χ4v) is 3.37. The van der Waals surface area contributed by atoms with Crippen molar-refractivity contribution in [2.75, 3.05) is 0 Å². The van der Waals surface area contributed by atoms with E-state index in [0.717, 1.165) is 11.3 Å². The van der Waals surface area contributed by atoms with E-state index < -0.39 is 9.84 Å². The van der Waals surface area contributed by atoms with Gasteiger partial charge in [0.1, 0.15) is 0 Å². The van der Waals surface area contributed by atoms with Gasteiger partial charge in [-0.1, -0.05) is 6.07 Å². The van der Waals surface area contributed by atoms with Crippen LogP contribution in [0.2, 0.25) is 0 Å². The highest BCUT2D eigenvalue weighted by atomic mass is 32.2. The van der Waals surface area contributed by atoms with Crippen molar-refractivity contribution in [1.29, 1.82) is 0 Å². The smallest absolute Gasteiger partial charge is 0.209 e. The zero-order valence-corrected chi connectivity index (χ0v) is 9.33. The van der Waals surface area contributed by atoms with Gasteiger partial charge in [0, 0.05) is 24.0 Å². The Labute approximate surface area is 91.6 Å². The minimum Gasteiger partial charge on any atom is -0.264 e. The first-order valence-electron chi connectivity index (χ1n) is 4.20. The fourth-order valence-electron chi connectivity index (χ4n) is 1.13. The molecule has 0 radical (unpaired) electrons. The van der Waals surface area contributed by atoms with Crippen LogP contribution < -0.4 is 0 Å². The van der Waals surface area contributed by atoms with Gasteiger partial charge >= 0.3 is 0 Å². The van der Waals surface area contributed by atoms with E-state index in [2.05, 4.69) is 9.97 Å². The van der Waals surface area contributed by atoms with Crippen molar-refractivity contribution in [3.05, 3.63) is 41.7 Å². The molecule has 0 aliphatic rings. The first kappa shape index (κ1) is 10.3. The molecule has 15 heavy (non-hydrogen) atoms. The van der Waals surface area contributed by atoms with E-state index in [1.165, 1.54) is 6.20 Å². The average Bonchev–Trinajstić information content (AvgIpc) is 2.71. The van der Waals surface area contributed by atoms with Gasteiger partial charge in [-0.15, -0.1) is 11.3 Å². The van der Waals surface area contributed by atoms with Crippen molar-refractivity contribution in [2.45, 2.75) is 10.1 Å². The Morgan fingerprint density at radius 2 is 2.20 bits per heavy atom. The molecule has 0 N–H and O–H groups in total. The van der Waals surface area contributed by atoms with Gasteiger partial charge in [0.25, 0.3) is 0 Å². The second-order valence-electron chi connectivity index (χ2n) is 2.92. The van der Waals surface area contributed by atoms with Gasteiger partial charge in [0.15, 0.2) is 0 Å². The third kappa shape index (κ3) is 2.40. The minimum atomic E-state index is -3.30. The summed E-state index contributed by atoms with van der Waals surface area (Å²) < 4.78 is 23.7. The molecule has 0 atom stereocenters. The zero-order valence-electron chi connectivity index (χ0n) is 7.70. The lowest BCUT2D eigenvalue weighted by Crippen LogP contribution is -2.04. The predicted octanol–water partition coefficient (Wildman–Crippen LogP) is 1.51. The first-order valence-corrected chi connectivity index (χ1v) is 6.73. The van der Waals surface area contributed by atoms with Crippen molar-refractivity contribution in [2.24, 2.45) is 0 Å². The summed E-state index contributed by atoms with van der Waals surface area (Å²) in [5.41, 5.74) is 0.674. The van der Waals surface area contributed by atoms with Crippen LogP contribution in [-0.4, -0.2) is 18.4 Å². The standard InChI is InChI=1S/C9H8N2O2S2/c12-15(13,9-11-4-5-14-9)7-8-2-1-3-10-6-8/h1-6H,7H2. The Kier molecular flexibility index (Phi) is 2.79. The molecule has 0 fully saturated rings. The molecule has 0 saturated heterocycles. The second kappa shape index (κ2) is 4.08. The SMILES string of the molecule is O=S(=O)(Cc1cccnc1)c1nccs1. The maximum Gasteiger partial charge on any atom is 0.209 e. The van der Waals surface area contributed by atoms with Crippen LogP contribution in [0, 0.1) is 0 Å². The number of pyridine rings is 1. The molecule has 78 valence electrons. The van der Waals surface area contributed by atoms with Gasteiger partial charge in [0.05, 0.1) is 5.75 Å². The van der Waals surface area contributed by atoms with Crippen LogP contribution in [0.5, 0.6) is 0 Å². The highest BCUT2D eigenvalue weighted by Crippen LogP contribution is 2.17. The van der Waals surface area contributed by atoms with Crippen LogP contribution in [0.4, 0.5) is 0 Å². The van der Waals surface area contributed by atoms with Crippen LogP contribution >= 0.6 is 11.3 Å². The summed E-state index contributed by atoms with van der Waals surface area (Å²) in [5, 5.41) is 1.65. The van der Waals surface area contributed by atoms with E-state index >= 15 is 0 Å². The number of hydrogen-bond acceptors (Lipinski definition) is 5. The maximum absolute atomic E-state index is 11.8. The normalized spacial score (nSPS) is 11.5. The van der Waals surface area contributed by atoms with Crippen molar-refractivity contribution in [1.82, 2.24) is 9.97 Å². The Morgan fingerprint density at radius 1 is 1.33 bits per heavy atom. The molecular formula is C9H8N2O2S2. The van der Waals surface area contributed by atoms with E-state index in [-0.39, 0.29) is 10.1 Å². The summed E-state index contributed by atoms with van der Waals surface area (Å²) in [5.74, 6) is -0.0473. The Morgan fingerprint density at radius 3 is 2.80 bits per heavy atom. The molecule has 0 amide bonds. The van der Waals surface area contributed by atoms with Crippen molar-refractivity contribution >= 4 is 21.2 Å². The quantitative estimate of drug-likeness (QED) is 0.816. The second-order valence-corrected chi connectivity index (χ2v) is 5.98. The molecule has 0 aliphatic heterocycles. The van der Waals surface area contributed by atoms with Crippen molar-refractivity contribution in [3.8, 4) is 0 Å². The van der Waals surface area contributed by atoms with E-state index in [1.54, 1.807) is 29.9 Å². The molecule has 0 spiro atoms. The van der Waals surface area contributed by atoms with Crippen LogP contribution in [-0.2, 0) is 15.6 Å². The first-order chi connectivity index (χ1) is 7.18. The van der Waals surface area contributed by atoms with Crippen LogP contribution in [0.1, 0.15) is 5.56 Å². The summed E-state index contributed by atoms with van der Waals surface area (Å²) in [6.07, 6.45) is 4.64. The van der Waals surface area contributed by atoms with Crippen LogP contribution in [0.3, 0.4) is 0 Å². The molecule has 4 nitrogen and oxygen atoms in total. The fraction of sp³-hybridized carbons (Fsp3) is 0.111. The monoisotopic (exact) mass is 240 g/mol. The molecule has 0 aliphatic carbocycles. The van der Waals surface area contributed by atoms with Gasteiger partial charge < -0.3 is 0 Å². The minimum absolute atomic E-state index is 0.0473. The number of hydrogen-bond donors (Lipinski definition) is 0. The molecular weight excluding hydrogens is 232 g/mol. The summed E-state index contributed by atoms with van der Waals surface area (Å²) >= 11 is 1.13. The number of thiazole rings is 1. The van der Waals surface area contributed by atoms with Gasteiger partial charge in [-0.25, -0.2) is 13.4 Å². The molecule has 0 bridgehead atoms. The third-order valence-corrected chi connectivity index (χ3v) is 4.72. The van der Waals surface area contributed by atoms with Crippen LogP contribution in [0.15, 0.2) is 40.4 Å². The Balaban J connectivity index is 2.27. The lowest BCUT2D eigenvalue weighted by atomic mass is 10.3. The Bertz CT molecular complexity index is 521. The molecule has 0 saturated carbocycles. The third-order valence-electron chi connectivity index (χ3n) is 1.76. The summed E-state index contributed by atoms with van der Waals surface area (Å²) in [7, 11) is -3.30. The lowest BCUT2D eigenvalue weighted by molar-refractivity contribution is 0.594. The molecule has 0 unspecified atom stereocenters. The average molecular weight is 240 g/mol.